The first kappa shape index (κ1) is 20.8. The first-order chi connectivity index (χ1) is 13.4. The van der Waals surface area contributed by atoms with E-state index >= 15 is 0 Å². The number of rotatable bonds is 5. The number of aliphatic imine (C=N–C) groups is 1. The monoisotopic (exact) mass is 530 g/mol. The van der Waals surface area contributed by atoms with Gasteiger partial charge in [-0.2, -0.15) is 0 Å². The number of hydrogen-bond donors (Lipinski definition) is 2. The second kappa shape index (κ2) is 9.06. The van der Waals surface area contributed by atoms with E-state index in [9.17, 15) is 9.90 Å². The first-order valence-corrected chi connectivity index (χ1v) is 10.5. The van der Waals surface area contributed by atoms with Crippen LogP contribution in [-0.4, -0.2) is 29.9 Å². The number of nitrogens with one attached hydrogen (secondary N) is 1. The van der Waals surface area contributed by atoms with Gasteiger partial charge in [-0.05, 0) is 83.2 Å². The van der Waals surface area contributed by atoms with Crippen molar-refractivity contribution in [1.82, 2.24) is 5.32 Å². The van der Waals surface area contributed by atoms with E-state index in [0.717, 1.165) is 5.56 Å². The molecule has 0 aromatic heterocycles. The predicted molar refractivity (Wildman–Crippen MR) is 121 cm³/mol. The molecule has 6 nitrogen and oxygen atoms in total. The largest absolute Gasteiger partial charge is 0.504 e. The van der Waals surface area contributed by atoms with E-state index in [0.29, 0.717) is 42.5 Å². The van der Waals surface area contributed by atoms with Gasteiger partial charge in [0, 0.05) is 5.02 Å². The van der Waals surface area contributed by atoms with E-state index in [4.69, 9.17) is 21.1 Å². The van der Waals surface area contributed by atoms with Gasteiger partial charge in [-0.25, -0.2) is 4.99 Å². The number of amidine groups is 1. The summed E-state index contributed by atoms with van der Waals surface area (Å²) in [5.74, 6) is 0.759. The lowest BCUT2D eigenvalue weighted by Gasteiger charge is -2.08. The molecular formula is C19H16ClIN2O4S. The van der Waals surface area contributed by atoms with Gasteiger partial charge in [-0.1, -0.05) is 11.6 Å². The lowest BCUT2D eigenvalue weighted by molar-refractivity contribution is -0.115. The van der Waals surface area contributed by atoms with Crippen LogP contribution in [0.4, 0.5) is 5.69 Å². The quantitative estimate of drug-likeness (QED) is 0.422. The molecule has 146 valence electrons. The fraction of sp³-hybridized carbons (Fsp3) is 0.158. The van der Waals surface area contributed by atoms with Crippen LogP contribution in [0.15, 0.2) is 40.2 Å². The van der Waals surface area contributed by atoms with Crippen LogP contribution in [0.2, 0.25) is 5.02 Å². The topological polar surface area (TPSA) is 80.2 Å². The molecule has 1 aliphatic heterocycles. The highest BCUT2D eigenvalue weighted by molar-refractivity contribution is 14.1. The summed E-state index contributed by atoms with van der Waals surface area (Å²) < 4.78 is 11.4. The molecule has 2 aromatic carbocycles. The van der Waals surface area contributed by atoms with Crippen LogP contribution >= 0.6 is 46.0 Å². The first-order valence-electron chi connectivity index (χ1n) is 8.19. The number of aromatic hydroxyl groups is 1. The molecule has 1 aliphatic rings. The van der Waals surface area contributed by atoms with Crippen molar-refractivity contribution in [2.75, 3.05) is 13.7 Å². The van der Waals surface area contributed by atoms with Crippen molar-refractivity contribution in [2.24, 2.45) is 4.99 Å². The maximum absolute atomic E-state index is 12.3. The Kier molecular flexibility index (Phi) is 6.73. The van der Waals surface area contributed by atoms with Gasteiger partial charge in [-0.15, -0.1) is 0 Å². The van der Waals surface area contributed by atoms with Crippen molar-refractivity contribution in [2.45, 2.75) is 6.92 Å². The maximum atomic E-state index is 12.3. The Balaban J connectivity index is 1.90. The zero-order valence-corrected chi connectivity index (χ0v) is 18.7. The van der Waals surface area contributed by atoms with E-state index in [1.165, 1.54) is 11.8 Å². The molecule has 1 heterocycles. The molecule has 0 unspecified atom stereocenters. The van der Waals surface area contributed by atoms with E-state index < -0.39 is 0 Å². The summed E-state index contributed by atoms with van der Waals surface area (Å²) in [6.45, 7) is 2.27. The highest BCUT2D eigenvalue weighted by Gasteiger charge is 2.24. The van der Waals surface area contributed by atoms with Crippen LogP contribution in [0, 0.1) is 3.57 Å². The number of halogens is 2. The summed E-state index contributed by atoms with van der Waals surface area (Å²) in [6, 6.07) is 8.55. The molecule has 0 bridgehead atoms. The second-order valence-corrected chi connectivity index (χ2v) is 8.21. The van der Waals surface area contributed by atoms with Gasteiger partial charge < -0.3 is 19.9 Å². The van der Waals surface area contributed by atoms with Gasteiger partial charge >= 0.3 is 0 Å². The van der Waals surface area contributed by atoms with Gasteiger partial charge in [0.15, 0.2) is 16.7 Å². The van der Waals surface area contributed by atoms with Gasteiger partial charge in [0.1, 0.15) is 11.4 Å². The number of thioether (sulfide) groups is 1. The molecule has 0 atom stereocenters. The van der Waals surface area contributed by atoms with Gasteiger partial charge in [0.25, 0.3) is 5.91 Å². The SMILES string of the molecule is CCOc1cc(/C=C2\SC(=Nc3cc(Cl)ccc3OC)NC2=O)cc(I)c1O. The minimum Gasteiger partial charge on any atom is -0.504 e. The molecule has 1 saturated heterocycles. The minimum absolute atomic E-state index is 0.0865. The van der Waals surface area contributed by atoms with Crippen molar-refractivity contribution >= 4 is 68.8 Å². The number of phenols is 1. The number of amides is 1. The number of phenolic OH excluding ortho intramolecular Hbond substituents is 1. The third-order valence-corrected chi connectivity index (χ3v) is 5.63. The summed E-state index contributed by atoms with van der Waals surface area (Å²) in [6.07, 6.45) is 1.72. The number of benzene rings is 2. The smallest absolute Gasteiger partial charge is 0.264 e. The van der Waals surface area contributed by atoms with Crippen LogP contribution in [-0.2, 0) is 4.79 Å². The highest BCUT2D eigenvalue weighted by Crippen LogP contribution is 2.36. The molecule has 9 heteroatoms. The van der Waals surface area contributed by atoms with Gasteiger partial charge in [0.2, 0.25) is 0 Å². The van der Waals surface area contributed by atoms with Crippen molar-refractivity contribution < 1.29 is 19.4 Å². The van der Waals surface area contributed by atoms with Crippen molar-refractivity contribution in [3.8, 4) is 17.2 Å². The Morgan fingerprint density at radius 1 is 1.32 bits per heavy atom. The number of methoxy groups -OCH3 is 1. The summed E-state index contributed by atoms with van der Waals surface area (Å²) in [7, 11) is 1.54. The Bertz CT molecular complexity index is 994. The molecule has 0 spiro atoms. The van der Waals surface area contributed by atoms with E-state index in [-0.39, 0.29) is 11.7 Å². The Hall–Kier alpha value is -1.91. The molecular weight excluding hydrogens is 515 g/mol. The Morgan fingerprint density at radius 3 is 2.82 bits per heavy atom. The van der Waals surface area contributed by atoms with Crippen LogP contribution in [0.5, 0.6) is 17.2 Å². The Labute approximate surface area is 185 Å². The molecule has 0 saturated carbocycles. The van der Waals surface area contributed by atoms with Gasteiger partial charge in [-0.3, -0.25) is 4.79 Å². The van der Waals surface area contributed by atoms with Crippen molar-refractivity contribution in [1.29, 1.82) is 0 Å². The van der Waals surface area contributed by atoms with Crippen LogP contribution in [0.3, 0.4) is 0 Å². The summed E-state index contributed by atoms with van der Waals surface area (Å²) in [5, 5.41) is 13.7. The van der Waals surface area contributed by atoms with Crippen LogP contribution in [0.25, 0.3) is 6.08 Å². The number of hydrogen-bond acceptors (Lipinski definition) is 6. The summed E-state index contributed by atoms with van der Waals surface area (Å²) in [4.78, 5) is 17.3. The number of ether oxygens (including phenoxy) is 2. The lowest BCUT2D eigenvalue weighted by atomic mass is 10.2. The third-order valence-electron chi connectivity index (χ3n) is 3.66. The number of carbonyl (C=O) groups excluding carboxylic acids is 1. The summed E-state index contributed by atoms with van der Waals surface area (Å²) in [5.41, 5.74) is 1.27. The molecule has 0 radical (unpaired) electrons. The minimum atomic E-state index is -0.259. The predicted octanol–water partition coefficient (Wildman–Crippen LogP) is 4.95. The van der Waals surface area contributed by atoms with Gasteiger partial charge in [0.05, 0.1) is 22.2 Å². The molecule has 2 aromatic rings. The molecule has 28 heavy (non-hydrogen) atoms. The average Bonchev–Trinajstić information content (AvgIpc) is 2.98. The Morgan fingerprint density at radius 2 is 2.11 bits per heavy atom. The average molecular weight is 531 g/mol. The molecule has 1 fully saturated rings. The highest BCUT2D eigenvalue weighted by atomic mass is 127. The van der Waals surface area contributed by atoms with Crippen LogP contribution in [0.1, 0.15) is 12.5 Å². The molecule has 2 N–H and O–H groups in total. The summed E-state index contributed by atoms with van der Waals surface area (Å²) >= 11 is 9.26. The van der Waals surface area contributed by atoms with Crippen molar-refractivity contribution in [3.63, 3.8) is 0 Å². The standard InChI is InChI=1S/C19H16ClIN2O4S/c1-3-27-15-7-10(6-12(21)17(15)24)8-16-18(25)23-19(28-16)22-13-9-11(20)4-5-14(13)26-2/h4-9,24H,3H2,1-2H3,(H,22,23,25)/b16-8-. The lowest BCUT2D eigenvalue weighted by Crippen LogP contribution is -2.19. The number of carbonyl (C=O) groups is 1. The number of nitrogens with zero attached hydrogens (tertiary/aromatic N) is 1. The fourth-order valence-electron chi connectivity index (χ4n) is 2.43. The van der Waals surface area contributed by atoms with E-state index in [2.05, 4.69) is 10.3 Å². The fourth-order valence-corrected chi connectivity index (χ4v) is 4.06. The van der Waals surface area contributed by atoms with E-state index in [1.54, 1.807) is 43.5 Å². The van der Waals surface area contributed by atoms with E-state index in [1.807, 2.05) is 29.5 Å². The normalized spacial score (nSPS) is 16.5. The molecule has 0 aliphatic carbocycles. The van der Waals surface area contributed by atoms with Crippen LogP contribution < -0.4 is 14.8 Å². The second-order valence-electron chi connectivity index (χ2n) is 5.58. The zero-order chi connectivity index (χ0) is 20.3. The molecule has 1 amide bonds. The molecule has 3 rings (SSSR count). The zero-order valence-electron chi connectivity index (χ0n) is 15.0. The third kappa shape index (κ3) is 4.73. The maximum Gasteiger partial charge on any atom is 0.264 e. The van der Waals surface area contributed by atoms with Crippen molar-refractivity contribution in [3.05, 3.63) is 49.4 Å².